The molecular weight excluding hydrogens is 444 g/mol. The minimum Gasteiger partial charge on any atom is -0.325 e. The lowest BCUT2D eigenvalue weighted by atomic mass is 10.2. The summed E-state index contributed by atoms with van der Waals surface area (Å²) in [6, 6.07) is 14.6. The Bertz CT molecular complexity index is 1270. The molecule has 3 aromatic rings. The first-order valence-electron chi connectivity index (χ1n) is 9.76. The Kier molecular flexibility index (Phi) is 6.31. The van der Waals surface area contributed by atoms with Crippen LogP contribution in [0, 0.1) is 10.1 Å². The van der Waals surface area contributed by atoms with Crippen LogP contribution in [-0.4, -0.2) is 37.4 Å². The molecule has 0 aliphatic carbocycles. The second-order valence-corrected chi connectivity index (χ2v) is 7.93. The summed E-state index contributed by atoms with van der Waals surface area (Å²) < 4.78 is 1.63. The smallest absolute Gasteiger partial charge is 0.283 e. The molecule has 0 saturated heterocycles. The van der Waals surface area contributed by atoms with Crippen molar-refractivity contribution in [2.24, 2.45) is 12.0 Å². The molecule has 1 aromatic heterocycles. The van der Waals surface area contributed by atoms with Crippen LogP contribution in [0.5, 0.6) is 0 Å². The van der Waals surface area contributed by atoms with Crippen molar-refractivity contribution in [1.82, 2.24) is 9.78 Å². The van der Waals surface area contributed by atoms with Crippen LogP contribution in [0.25, 0.3) is 6.08 Å². The number of para-hydroxylation sites is 1. The molecule has 33 heavy (non-hydrogen) atoms. The number of nitro benzene ring substituents is 1. The van der Waals surface area contributed by atoms with Crippen LogP contribution >= 0.6 is 11.8 Å². The minimum atomic E-state index is -0.508. The first-order chi connectivity index (χ1) is 15.9. The van der Waals surface area contributed by atoms with E-state index in [1.54, 1.807) is 42.3 Å². The van der Waals surface area contributed by atoms with Gasteiger partial charge in [-0.05, 0) is 30.3 Å². The zero-order chi connectivity index (χ0) is 23.4. The average molecular weight is 462 g/mol. The molecular formula is C22H18N6O4S. The topological polar surface area (TPSA) is 123 Å². The zero-order valence-electron chi connectivity index (χ0n) is 17.4. The Morgan fingerprint density at radius 2 is 1.91 bits per heavy atom. The van der Waals surface area contributed by atoms with E-state index in [1.165, 1.54) is 29.2 Å². The molecule has 1 aliphatic heterocycles. The fraction of sp³-hybridized carbons (Fsp3) is 0.0909. The monoisotopic (exact) mass is 462 g/mol. The summed E-state index contributed by atoms with van der Waals surface area (Å²) in [5.41, 5.74) is 1.99. The largest absolute Gasteiger partial charge is 0.325 e. The van der Waals surface area contributed by atoms with Gasteiger partial charge in [-0.15, -0.1) is 0 Å². The molecule has 0 spiro atoms. The molecule has 10 nitrogen and oxygen atoms in total. The minimum absolute atomic E-state index is 0.00733. The maximum Gasteiger partial charge on any atom is 0.283 e. The second-order valence-electron chi connectivity index (χ2n) is 6.99. The summed E-state index contributed by atoms with van der Waals surface area (Å²) >= 11 is 1.12. The van der Waals surface area contributed by atoms with E-state index in [-0.39, 0.29) is 29.0 Å². The second kappa shape index (κ2) is 9.49. The third kappa shape index (κ3) is 5.15. The van der Waals surface area contributed by atoms with Gasteiger partial charge in [-0.2, -0.15) is 5.10 Å². The molecule has 11 heteroatoms. The first-order valence-corrected chi connectivity index (χ1v) is 10.7. The predicted octanol–water partition coefficient (Wildman–Crippen LogP) is 3.44. The Balaban J connectivity index is 1.50. The van der Waals surface area contributed by atoms with Crippen LogP contribution in [-0.2, 0) is 16.6 Å². The predicted molar refractivity (Wildman–Crippen MR) is 127 cm³/mol. The lowest BCUT2D eigenvalue weighted by Gasteiger charge is -2.17. The van der Waals surface area contributed by atoms with E-state index < -0.39 is 4.92 Å². The van der Waals surface area contributed by atoms with Crippen molar-refractivity contribution >= 4 is 51.9 Å². The molecule has 2 heterocycles. The van der Waals surface area contributed by atoms with E-state index >= 15 is 0 Å². The van der Waals surface area contributed by atoms with Crippen molar-refractivity contribution in [3.8, 4) is 0 Å². The number of non-ortho nitro benzene ring substituents is 1. The Morgan fingerprint density at radius 3 is 2.55 bits per heavy atom. The number of amides is 2. The van der Waals surface area contributed by atoms with Crippen LogP contribution in [0.3, 0.4) is 0 Å². The molecule has 2 aromatic carbocycles. The van der Waals surface area contributed by atoms with Crippen LogP contribution in [0.4, 0.5) is 17.1 Å². The van der Waals surface area contributed by atoms with Crippen molar-refractivity contribution < 1.29 is 14.5 Å². The Hall–Kier alpha value is -4.25. The maximum atomic E-state index is 13.1. The molecule has 166 valence electrons. The van der Waals surface area contributed by atoms with Gasteiger partial charge in [-0.25, -0.2) is 4.99 Å². The number of aliphatic imine (C=N–C) groups is 1. The van der Waals surface area contributed by atoms with E-state index in [0.717, 1.165) is 17.3 Å². The molecule has 0 saturated carbocycles. The fourth-order valence-electron chi connectivity index (χ4n) is 3.06. The number of aryl methyl sites for hydroxylation is 1. The molecule has 0 radical (unpaired) electrons. The van der Waals surface area contributed by atoms with E-state index in [2.05, 4.69) is 15.4 Å². The van der Waals surface area contributed by atoms with Gasteiger partial charge in [0.25, 0.3) is 11.6 Å². The molecule has 4 rings (SSSR count). The number of benzene rings is 2. The first kappa shape index (κ1) is 22.0. The lowest BCUT2D eigenvalue weighted by molar-refractivity contribution is -0.384. The van der Waals surface area contributed by atoms with Gasteiger partial charge in [0.2, 0.25) is 5.91 Å². The van der Waals surface area contributed by atoms with Crippen molar-refractivity contribution in [1.29, 1.82) is 0 Å². The third-order valence-electron chi connectivity index (χ3n) is 4.57. The van der Waals surface area contributed by atoms with Crippen LogP contribution < -0.4 is 10.2 Å². The summed E-state index contributed by atoms with van der Waals surface area (Å²) in [7, 11) is 1.78. The zero-order valence-corrected chi connectivity index (χ0v) is 18.2. The highest BCUT2D eigenvalue weighted by Crippen LogP contribution is 2.29. The molecule has 0 fully saturated rings. The van der Waals surface area contributed by atoms with E-state index in [1.807, 2.05) is 18.2 Å². The molecule has 1 N–H and O–H groups in total. The van der Waals surface area contributed by atoms with Gasteiger partial charge in [-0.1, -0.05) is 30.0 Å². The quantitative estimate of drug-likeness (QED) is 0.340. The number of nitro groups is 1. The van der Waals surface area contributed by atoms with E-state index in [9.17, 15) is 19.7 Å². The SMILES string of the molecule is Cn1cc(C=C2N=C(SCC(=O)Nc3ccc([N+](=O)[O-])cc3)N(c3ccccc3)C2=O)cn1. The van der Waals surface area contributed by atoms with Gasteiger partial charge >= 0.3 is 0 Å². The number of amidine groups is 1. The number of hydrogen-bond acceptors (Lipinski definition) is 7. The molecule has 0 bridgehead atoms. The standard InChI is InChI=1S/C22H18N6O4S/c1-26-13-15(12-23-26)11-19-21(30)27(17-5-3-2-4-6-17)22(25-19)33-14-20(29)24-16-7-9-18(10-8-16)28(31)32/h2-13H,14H2,1H3,(H,24,29). The van der Waals surface area contributed by atoms with Gasteiger partial charge in [0.05, 0.1) is 22.6 Å². The third-order valence-corrected chi connectivity index (χ3v) is 5.51. The highest BCUT2D eigenvalue weighted by atomic mass is 32.2. The summed E-state index contributed by atoms with van der Waals surface area (Å²) in [5, 5.41) is 17.9. The normalized spacial score (nSPS) is 14.5. The van der Waals surface area contributed by atoms with Crippen LogP contribution in [0.2, 0.25) is 0 Å². The van der Waals surface area contributed by atoms with Gasteiger partial charge in [0.15, 0.2) is 5.17 Å². The number of carbonyl (C=O) groups excluding carboxylic acids is 2. The fourth-order valence-corrected chi connectivity index (χ4v) is 3.88. The number of nitrogens with one attached hydrogen (secondary N) is 1. The highest BCUT2D eigenvalue weighted by Gasteiger charge is 2.32. The number of rotatable bonds is 6. The number of carbonyl (C=O) groups is 2. The van der Waals surface area contributed by atoms with Crippen molar-refractivity contribution in [3.05, 3.63) is 88.4 Å². The van der Waals surface area contributed by atoms with E-state index in [0.29, 0.717) is 16.5 Å². The van der Waals surface area contributed by atoms with Gasteiger partial charge in [0.1, 0.15) is 5.70 Å². The lowest BCUT2D eigenvalue weighted by Crippen LogP contribution is -2.31. The van der Waals surface area contributed by atoms with Crippen molar-refractivity contribution in [2.75, 3.05) is 16.0 Å². The average Bonchev–Trinajstić information content (AvgIpc) is 3.35. The number of anilines is 2. The van der Waals surface area contributed by atoms with Crippen molar-refractivity contribution in [2.45, 2.75) is 0 Å². The molecule has 1 aliphatic rings. The Labute approximate surface area is 192 Å². The van der Waals surface area contributed by atoms with Crippen molar-refractivity contribution in [3.63, 3.8) is 0 Å². The van der Waals surface area contributed by atoms with Gasteiger partial charge in [0, 0.05) is 36.6 Å². The summed E-state index contributed by atoms with van der Waals surface area (Å²) in [6.07, 6.45) is 5.05. The number of hydrogen-bond donors (Lipinski definition) is 1. The van der Waals surface area contributed by atoms with Crippen LogP contribution in [0.1, 0.15) is 5.56 Å². The van der Waals surface area contributed by atoms with E-state index in [4.69, 9.17) is 0 Å². The summed E-state index contributed by atoms with van der Waals surface area (Å²) in [5.74, 6) is -0.642. The number of thioether (sulfide) groups is 1. The highest BCUT2D eigenvalue weighted by molar-refractivity contribution is 8.14. The molecule has 2 amide bonds. The van der Waals surface area contributed by atoms with Gasteiger partial charge < -0.3 is 5.32 Å². The summed E-state index contributed by atoms with van der Waals surface area (Å²) in [6.45, 7) is 0. The van der Waals surface area contributed by atoms with Crippen LogP contribution in [0.15, 0.2) is 77.7 Å². The maximum absolute atomic E-state index is 13.1. The molecule has 0 atom stereocenters. The Morgan fingerprint density at radius 1 is 1.18 bits per heavy atom. The number of nitrogens with zero attached hydrogens (tertiary/aromatic N) is 5. The summed E-state index contributed by atoms with van der Waals surface area (Å²) in [4.78, 5) is 41.7. The molecule has 0 unspecified atom stereocenters. The van der Waals surface area contributed by atoms with Gasteiger partial charge in [-0.3, -0.25) is 29.3 Å². The number of aromatic nitrogens is 2.